The van der Waals surface area contributed by atoms with E-state index in [1.165, 1.54) is 12.1 Å². The van der Waals surface area contributed by atoms with Crippen molar-refractivity contribution < 1.29 is 19.7 Å². The summed E-state index contributed by atoms with van der Waals surface area (Å²) in [6, 6.07) is 4.58. The van der Waals surface area contributed by atoms with Gasteiger partial charge in [0.1, 0.15) is 5.75 Å². The van der Waals surface area contributed by atoms with Crippen molar-refractivity contribution in [1.82, 2.24) is 0 Å². The fraction of sp³-hybridized carbons (Fsp3) is 0. The maximum Gasteiger partial charge on any atom is 0.511 e. The monoisotopic (exact) mass is 182 g/mol. The zero-order chi connectivity index (χ0) is 9.84. The summed E-state index contributed by atoms with van der Waals surface area (Å²) in [4.78, 5) is 21.1. The van der Waals surface area contributed by atoms with Crippen molar-refractivity contribution in [2.45, 2.75) is 0 Å². The van der Waals surface area contributed by atoms with Crippen LogP contribution in [0.4, 0.5) is 4.79 Å². The maximum atomic E-state index is 11.0. The van der Waals surface area contributed by atoms with E-state index < -0.39 is 17.3 Å². The van der Waals surface area contributed by atoms with Gasteiger partial charge in [-0.25, -0.2) is 4.79 Å². The Morgan fingerprint density at radius 2 is 2.08 bits per heavy atom. The van der Waals surface area contributed by atoms with Crippen LogP contribution in [0, 0.1) is 0 Å². The Morgan fingerprint density at radius 1 is 1.38 bits per heavy atom. The van der Waals surface area contributed by atoms with Gasteiger partial charge in [0.2, 0.25) is 5.43 Å². The molecule has 0 aliphatic carbocycles. The maximum absolute atomic E-state index is 11.0. The SMILES string of the molecule is O=C(O)Oc1cc(O)cccc1=O. The molecule has 0 bridgehead atoms. The Bertz CT molecular complexity index is 385. The lowest BCUT2D eigenvalue weighted by atomic mass is 10.4. The topological polar surface area (TPSA) is 83.8 Å². The van der Waals surface area contributed by atoms with Crippen molar-refractivity contribution in [1.29, 1.82) is 0 Å². The van der Waals surface area contributed by atoms with Crippen molar-refractivity contribution in [3.63, 3.8) is 0 Å². The molecule has 0 unspecified atom stereocenters. The van der Waals surface area contributed by atoms with Gasteiger partial charge in [-0.05, 0) is 12.1 Å². The Labute approximate surface area is 72.8 Å². The smallest absolute Gasteiger partial charge is 0.508 e. The summed E-state index contributed by atoms with van der Waals surface area (Å²) < 4.78 is 4.13. The lowest BCUT2D eigenvalue weighted by Crippen LogP contribution is -2.09. The molecule has 5 nitrogen and oxygen atoms in total. The van der Waals surface area contributed by atoms with Gasteiger partial charge in [0.15, 0.2) is 5.75 Å². The third-order valence-corrected chi connectivity index (χ3v) is 1.23. The summed E-state index contributed by atoms with van der Waals surface area (Å²) >= 11 is 0. The molecule has 5 heteroatoms. The summed E-state index contributed by atoms with van der Waals surface area (Å²) in [5.41, 5.74) is -0.609. The Hall–Kier alpha value is -2.04. The molecule has 0 radical (unpaired) electrons. The molecule has 0 atom stereocenters. The van der Waals surface area contributed by atoms with Crippen LogP contribution < -0.4 is 10.2 Å². The van der Waals surface area contributed by atoms with Gasteiger partial charge in [0, 0.05) is 6.07 Å². The molecule has 0 amide bonds. The second-order valence-corrected chi connectivity index (χ2v) is 2.19. The molecule has 0 aliphatic heterocycles. The van der Waals surface area contributed by atoms with Gasteiger partial charge >= 0.3 is 6.16 Å². The van der Waals surface area contributed by atoms with Crippen LogP contribution in [0.1, 0.15) is 0 Å². The molecular weight excluding hydrogens is 176 g/mol. The van der Waals surface area contributed by atoms with Crippen LogP contribution in [0.25, 0.3) is 0 Å². The number of ether oxygens (including phenoxy) is 1. The molecule has 0 saturated carbocycles. The zero-order valence-electron chi connectivity index (χ0n) is 6.43. The second-order valence-electron chi connectivity index (χ2n) is 2.19. The van der Waals surface area contributed by atoms with Crippen molar-refractivity contribution in [3.05, 3.63) is 34.5 Å². The Kier molecular flexibility index (Phi) is 2.49. The average molecular weight is 182 g/mol. The fourth-order valence-electron chi connectivity index (χ4n) is 0.744. The van der Waals surface area contributed by atoms with Crippen LogP contribution in [0.2, 0.25) is 0 Å². The minimum Gasteiger partial charge on any atom is -0.508 e. The molecule has 68 valence electrons. The highest BCUT2D eigenvalue weighted by atomic mass is 16.7. The highest BCUT2D eigenvalue weighted by Gasteiger charge is 2.04. The van der Waals surface area contributed by atoms with E-state index in [2.05, 4.69) is 4.74 Å². The minimum atomic E-state index is -1.59. The van der Waals surface area contributed by atoms with Crippen molar-refractivity contribution >= 4 is 6.16 Å². The summed E-state index contributed by atoms with van der Waals surface area (Å²) in [5, 5.41) is 17.2. The number of hydrogen-bond donors (Lipinski definition) is 2. The van der Waals surface area contributed by atoms with Crippen molar-refractivity contribution in [2.75, 3.05) is 0 Å². The highest BCUT2D eigenvalue weighted by molar-refractivity contribution is 5.61. The first-order valence-corrected chi connectivity index (χ1v) is 3.34. The number of carboxylic acid groups (broad SMARTS) is 1. The van der Waals surface area contributed by atoms with Crippen LogP contribution in [-0.4, -0.2) is 16.4 Å². The van der Waals surface area contributed by atoms with Gasteiger partial charge in [-0.3, -0.25) is 4.79 Å². The van der Waals surface area contributed by atoms with Gasteiger partial charge < -0.3 is 14.9 Å². The van der Waals surface area contributed by atoms with E-state index in [-0.39, 0.29) is 5.75 Å². The molecule has 0 aliphatic rings. The van der Waals surface area contributed by atoms with Crippen LogP contribution >= 0.6 is 0 Å². The van der Waals surface area contributed by atoms with Crippen LogP contribution in [-0.2, 0) is 0 Å². The van der Waals surface area contributed by atoms with E-state index in [9.17, 15) is 9.59 Å². The largest absolute Gasteiger partial charge is 0.511 e. The van der Waals surface area contributed by atoms with Gasteiger partial charge in [-0.15, -0.1) is 0 Å². The molecule has 1 aromatic carbocycles. The lowest BCUT2D eigenvalue weighted by molar-refractivity contribution is 0.144. The molecule has 2 N–H and O–H groups in total. The molecule has 1 aromatic rings. The predicted octanol–water partition coefficient (Wildman–Crippen LogP) is 0.809. The Balaban J connectivity index is 3.21. The summed E-state index contributed by atoms with van der Waals surface area (Å²) in [5.74, 6) is -0.659. The molecule has 0 fully saturated rings. The molecule has 0 saturated heterocycles. The summed E-state index contributed by atoms with van der Waals surface area (Å²) in [6.07, 6.45) is -1.59. The minimum absolute atomic E-state index is 0.238. The van der Waals surface area contributed by atoms with Crippen LogP contribution in [0.5, 0.6) is 11.5 Å². The van der Waals surface area contributed by atoms with Crippen LogP contribution in [0.3, 0.4) is 0 Å². The van der Waals surface area contributed by atoms with E-state index in [4.69, 9.17) is 10.2 Å². The number of carbonyl (C=O) groups is 1. The van der Waals surface area contributed by atoms with Gasteiger partial charge in [0.25, 0.3) is 0 Å². The molecule has 13 heavy (non-hydrogen) atoms. The van der Waals surface area contributed by atoms with Gasteiger partial charge in [-0.1, -0.05) is 6.07 Å². The van der Waals surface area contributed by atoms with E-state index >= 15 is 0 Å². The molecule has 0 heterocycles. The number of aromatic hydroxyl groups is 1. The van der Waals surface area contributed by atoms with E-state index in [0.29, 0.717) is 0 Å². The fourth-order valence-corrected chi connectivity index (χ4v) is 0.744. The average Bonchev–Trinajstić information content (AvgIpc) is 2.14. The normalized spacial score (nSPS) is 9.23. The molecule has 0 spiro atoms. The number of rotatable bonds is 1. The zero-order valence-corrected chi connectivity index (χ0v) is 6.43. The molecular formula is C8H6O5. The lowest BCUT2D eigenvalue weighted by Gasteiger charge is -1.93. The van der Waals surface area contributed by atoms with E-state index in [1.54, 1.807) is 0 Å². The van der Waals surface area contributed by atoms with Gasteiger partial charge in [0.05, 0.1) is 0 Å². The third kappa shape index (κ3) is 2.48. The third-order valence-electron chi connectivity index (χ3n) is 1.23. The van der Waals surface area contributed by atoms with E-state index in [1.807, 2.05) is 0 Å². The first kappa shape index (κ1) is 9.05. The number of hydrogen-bond acceptors (Lipinski definition) is 4. The van der Waals surface area contributed by atoms with Crippen molar-refractivity contribution in [2.24, 2.45) is 0 Å². The predicted molar refractivity (Wildman–Crippen MR) is 43.0 cm³/mol. The van der Waals surface area contributed by atoms with Crippen LogP contribution in [0.15, 0.2) is 29.1 Å². The first-order chi connectivity index (χ1) is 6.09. The quantitative estimate of drug-likeness (QED) is 0.628. The highest BCUT2D eigenvalue weighted by Crippen LogP contribution is 2.11. The van der Waals surface area contributed by atoms with E-state index in [0.717, 1.165) is 12.1 Å². The summed E-state index contributed by atoms with van der Waals surface area (Å²) in [6.45, 7) is 0. The molecule has 1 rings (SSSR count). The standard InChI is InChI=1S/C8H6O5/c9-5-2-1-3-6(10)7(4-5)13-8(11)12/h1-4,9H,(H,11,12). The first-order valence-electron chi connectivity index (χ1n) is 3.34. The summed E-state index contributed by atoms with van der Waals surface area (Å²) in [7, 11) is 0. The van der Waals surface area contributed by atoms with Crippen molar-refractivity contribution in [3.8, 4) is 11.5 Å². The van der Waals surface area contributed by atoms with Gasteiger partial charge in [-0.2, -0.15) is 0 Å². The Morgan fingerprint density at radius 3 is 2.69 bits per heavy atom. The second kappa shape index (κ2) is 3.57. The molecule has 0 aromatic heterocycles.